The van der Waals surface area contributed by atoms with Gasteiger partial charge in [-0.25, -0.2) is 4.39 Å². The minimum Gasteiger partial charge on any atom is -0.484 e. The number of aromatic nitrogens is 1. The molecule has 0 fully saturated rings. The molecule has 0 bridgehead atoms. The standard InChI is InChI=1S/C16H19FN2O/c1-3-8-18-13-7-9-19-14(10-13)11-20-15-6-4-5-12(2)16(15)17/h4-7,9-10H,3,8,11H2,1-2H3,(H,18,19). The molecule has 106 valence electrons. The van der Waals surface area contributed by atoms with Gasteiger partial charge in [0.1, 0.15) is 6.61 Å². The first-order valence-corrected chi connectivity index (χ1v) is 6.77. The maximum Gasteiger partial charge on any atom is 0.167 e. The summed E-state index contributed by atoms with van der Waals surface area (Å²) in [4.78, 5) is 4.23. The number of rotatable bonds is 6. The molecule has 0 unspecified atom stereocenters. The second-order valence-electron chi connectivity index (χ2n) is 4.64. The molecule has 20 heavy (non-hydrogen) atoms. The Morgan fingerprint density at radius 1 is 1.30 bits per heavy atom. The van der Waals surface area contributed by atoms with Gasteiger partial charge < -0.3 is 10.1 Å². The molecule has 0 radical (unpaired) electrons. The molecule has 2 aromatic rings. The molecule has 0 saturated heterocycles. The smallest absolute Gasteiger partial charge is 0.167 e. The summed E-state index contributed by atoms with van der Waals surface area (Å²) in [6, 6.07) is 8.95. The van der Waals surface area contributed by atoms with Crippen molar-refractivity contribution in [2.45, 2.75) is 26.9 Å². The van der Waals surface area contributed by atoms with Gasteiger partial charge in [0.2, 0.25) is 0 Å². The van der Waals surface area contributed by atoms with Crippen LogP contribution in [0.15, 0.2) is 36.5 Å². The number of nitrogens with one attached hydrogen (secondary N) is 1. The third-order valence-corrected chi connectivity index (χ3v) is 2.93. The van der Waals surface area contributed by atoms with Crippen molar-refractivity contribution in [1.82, 2.24) is 4.98 Å². The number of hydrogen-bond donors (Lipinski definition) is 1. The van der Waals surface area contributed by atoms with E-state index in [0.717, 1.165) is 24.3 Å². The minimum absolute atomic E-state index is 0.252. The van der Waals surface area contributed by atoms with Crippen LogP contribution in [0.3, 0.4) is 0 Å². The van der Waals surface area contributed by atoms with Crippen molar-refractivity contribution < 1.29 is 9.13 Å². The second-order valence-corrected chi connectivity index (χ2v) is 4.64. The molecule has 2 rings (SSSR count). The quantitative estimate of drug-likeness (QED) is 0.866. The van der Waals surface area contributed by atoms with E-state index in [1.165, 1.54) is 0 Å². The van der Waals surface area contributed by atoms with Crippen LogP contribution in [0.2, 0.25) is 0 Å². The Balaban J connectivity index is 2.01. The molecule has 0 amide bonds. The van der Waals surface area contributed by atoms with Gasteiger partial charge in [-0.2, -0.15) is 0 Å². The van der Waals surface area contributed by atoms with Gasteiger partial charge in [-0.15, -0.1) is 0 Å². The van der Waals surface area contributed by atoms with Gasteiger partial charge in [0, 0.05) is 18.4 Å². The molecule has 0 spiro atoms. The minimum atomic E-state index is -0.312. The average molecular weight is 274 g/mol. The summed E-state index contributed by atoms with van der Waals surface area (Å²) in [6.45, 7) is 4.99. The zero-order valence-electron chi connectivity index (χ0n) is 11.8. The lowest BCUT2D eigenvalue weighted by molar-refractivity contribution is 0.285. The fourth-order valence-electron chi connectivity index (χ4n) is 1.82. The molecule has 0 saturated carbocycles. The van der Waals surface area contributed by atoms with E-state index >= 15 is 0 Å². The third-order valence-electron chi connectivity index (χ3n) is 2.93. The molecule has 0 aliphatic carbocycles. The normalized spacial score (nSPS) is 10.3. The molecule has 1 N–H and O–H groups in total. The third kappa shape index (κ3) is 3.70. The first-order chi connectivity index (χ1) is 9.70. The van der Waals surface area contributed by atoms with Crippen molar-refractivity contribution in [1.29, 1.82) is 0 Å². The topological polar surface area (TPSA) is 34.2 Å². The first-order valence-electron chi connectivity index (χ1n) is 6.77. The predicted molar refractivity (Wildman–Crippen MR) is 78.5 cm³/mol. The van der Waals surface area contributed by atoms with Gasteiger partial charge in [0.15, 0.2) is 11.6 Å². The van der Waals surface area contributed by atoms with E-state index in [9.17, 15) is 4.39 Å². The fourth-order valence-corrected chi connectivity index (χ4v) is 1.82. The van der Waals surface area contributed by atoms with Gasteiger partial charge in [0.05, 0.1) is 5.69 Å². The zero-order valence-corrected chi connectivity index (χ0v) is 11.8. The zero-order chi connectivity index (χ0) is 14.4. The Morgan fingerprint density at radius 2 is 2.15 bits per heavy atom. The van der Waals surface area contributed by atoms with E-state index in [1.807, 2.05) is 12.1 Å². The largest absolute Gasteiger partial charge is 0.484 e. The van der Waals surface area contributed by atoms with E-state index < -0.39 is 0 Å². The Kier molecular flexibility index (Phi) is 4.93. The Bertz CT molecular complexity index is 572. The summed E-state index contributed by atoms with van der Waals surface area (Å²) < 4.78 is 19.3. The lowest BCUT2D eigenvalue weighted by atomic mass is 10.2. The van der Waals surface area contributed by atoms with Crippen LogP contribution in [0.1, 0.15) is 24.6 Å². The van der Waals surface area contributed by atoms with Crippen LogP contribution in [0, 0.1) is 12.7 Å². The van der Waals surface area contributed by atoms with Crippen molar-refractivity contribution in [3.05, 3.63) is 53.6 Å². The maximum absolute atomic E-state index is 13.8. The number of ether oxygens (including phenoxy) is 1. The number of nitrogens with zero attached hydrogens (tertiary/aromatic N) is 1. The number of halogens is 1. The predicted octanol–water partition coefficient (Wildman–Crippen LogP) is 3.93. The molecular formula is C16H19FN2O. The van der Waals surface area contributed by atoms with E-state index in [-0.39, 0.29) is 18.2 Å². The summed E-state index contributed by atoms with van der Waals surface area (Å²) >= 11 is 0. The van der Waals surface area contributed by atoms with Crippen molar-refractivity contribution in [2.75, 3.05) is 11.9 Å². The van der Waals surface area contributed by atoms with Crippen LogP contribution < -0.4 is 10.1 Å². The summed E-state index contributed by atoms with van der Waals surface area (Å²) in [5.41, 5.74) is 2.35. The molecule has 1 aromatic heterocycles. The van der Waals surface area contributed by atoms with Crippen molar-refractivity contribution >= 4 is 5.69 Å². The van der Waals surface area contributed by atoms with Crippen LogP contribution >= 0.6 is 0 Å². The van der Waals surface area contributed by atoms with Crippen LogP contribution in [-0.2, 0) is 6.61 Å². The lowest BCUT2D eigenvalue weighted by Gasteiger charge is -2.09. The maximum atomic E-state index is 13.8. The highest BCUT2D eigenvalue weighted by Gasteiger charge is 2.06. The number of hydrogen-bond acceptors (Lipinski definition) is 3. The van der Waals surface area contributed by atoms with Crippen molar-refractivity contribution in [3.8, 4) is 5.75 Å². The van der Waals surface area contributed by atoms with Crippen LogP contribution in [-0.4, -0.2) is 11.5 Å². The fraction of sp³-hybridized carbons (Fsp3) is 0.312. The van der Waals surface area contributed by atoms with E-state index in [0.29, 0.717) is 5.56 Å². The Hall–Kier alpha value is -2.10. The summed E-state index contributed by atoms with van der Waals surface area (Å²) in [6.07, 6.45) is 2.78. The van der Waals surface area contributed by atoms with Crippen LogP contribution in [0.5, 0.6) is 5.75 Å². The molecule has 1 aromatic carbocycles. The Labute approximate surface area is 118 Å². The average Bonchev–Trinajstić information content (AvgIpc) is 2.47. The van der Waals surface area contributed by atoms with Gasteiger partial charge in [-0.05, 0) is 37.1 Å². The highest BCUT2D eigenvalue weighted by Crippen LogP contribution is 2.20. The van der Waals surface area contributed by atoms with Crippen molar-refractivity contribution in [3.63, 3.8) is 0 Å². The van der Waals surface area contributed by atoms with Gasteiger partial charge in [0.25, 0.3) is 0 Å². The second kappa shape index (κ2) is 6.89. The summed E-state index contributed by atoms with van der Waals surface area (Å²) in [5, 5.41) is 3.28. The number of aryl methyl sites for hydroxylation is 1. The monoisotopic (exact) mass is 274 g/mol. The first kappa shape index (κ1) is 14.3. The Morgan fingerprint density at radius 3 is 2.95 bits per heavy atom. The molecular weight excluding hydrogens is 255 g/mol. The molecule has 0 aliphatic rings. The molecule has 0 aliphatic heterocycles. The van der Waals surface area contributed by atoms with Crippen LogP contribution in [0.25, 0.3) is 0 Å². The highest BCUT2D eigenvalue weighted by atomic mass is 19.1. The molecule has 3 nitrogen and oxygen atoms in total. The molecule has 1 heterocycles. The van der Waals surface area contributed by atoms with E-state index in [2.05, 4.69) is 17.2 Å². The SMILES string of the molecule is CCCNc1ccnc(COc2cccc(C)c2F)c1. The van der Waals surface area contributed by atoms with E-state index in [1.54, 1.807) is 31.3 Å². The summed E-state index contributed by atoms with van der Waals surface area (Å²) in [7, 11) is 0. The van der Waals surface area contributed by atoms with E-state index in [4.69, 9.17) is 4.74 Å². The van der Waals surface area contributed by atoms with Gasteiger partial charge in [-0.3, -0.25) is 4.98 Å². The lowest BCUT2D eigenvalue weighted by Crippen LogP contribution is -2.03. The number of benzene rings is 1. The number of pyridine rings is 1. The van der Waals surface area contributed by atoms with Crippen molar-refractivity contribution in [2.24, 2.45) is 0 Å². The summed E-state index contributed by atoms with van der Waals surface area (Å²) in [5.74, 6) is -0.0496. The molecule has 0 atom stereocenters. The molecule has 4 heteroatoms. The van der Waals surface area contributed by atoms with Gasteiger partial charge >= 0.3 is 0 Å². The van der Waals surface area contributed by atoms with Gasteiger partial charge in [-0.1, -0.05) is 19.1 Å². The number of anilines is 1. The highest BCUT2D eigenvalue weighted by molar-refractivity contribution is 5.43. The van der Waals surface area contributed by atoms with Crippen LogP contribution in [0.4, 0.5) is 10.1 Å².